The topological polar surface area (TPSA) is 74.6 Å². The molecule has 34 heavy (non-hydrogen) atoms. The fourth-order valence-corrected chi connectivity index (χ4v) is 7.15. The zero-order valence-electron chi connectivity index (χ0n) is 19.5. The summed E-state index contributed by atoms with van der Waals surface area (Å²) in [5.74, 6) is 11.5. The quantitative estimate of drug-likeness (QED) is 0.596. The molecule has 0 spiro atoms. The average Bonchev–Trinajstić information content (AvgIpc) is 2.80. The van der Waals surface area contributed by atoms with Gasteiger partial charge in [-0.1, -0.05) is 37.8 Å². The van der Waals surface area contributed by atoms with Crippen LogP contribution in [0, 0.1) is 46.9 Å². The Morgan fingerprint density at radius 3 is 1.94 bits per heavy atom. The molecule has 4 fully saturated rings. The number of hydrogen-bond acceptors (Lipinski definition) is 2. The Balaban J connectivity index is 1.35. The highest BCUT2D eigenvalue weighted by Crippen LogP contribution is 2.68. The first-order valence-electron chi connectivity index (χ1n) is 11.9. The molecule has 0 aliphatic heterocycles. The van der Waals surface area contributed by atoms with E-state index in [2.05, 4.69) is 61.8 Å². The van der Waals surface area contributed by atoms with Gasteiger partial charge in [-0.3, -0.25) is 0 Å². The molecule has 172 valence electrons. The van der Waals surface area contributed by atoms with Crippen molar-refractivity contribution in [1.29, 1.82) is 0 Å². The molecule has 6 rings (SSSR count). The SMILES string of the molecule is CC1(C)C2CC3CC(C2)CC1(c1ccc(C#CC#Cc2ccc(C(=O)O)c(C(=O)O)c2)cc1)C3. The Kier molecular flexibility index (Phi) is 5.29. The Bertz CT molecular complexity index is 1280. The molecular formula is C30H28O4. The highest BCUT2D eigenvalue weighted by atomic mass is 16.4. The molecule has 4 saturated carbocycles. The van der Waals surface area contributed by atoms with Crippen molar-refractivity contribution in [2.75, 3.05) is 0 Å². The van der Waals surface area contributed by atoms with Crippen molar-refractivity contribution in [2.24, 2.45) is 23.2 Å². The van der Waals surface area contributed by atoms with E-state index in [1.165, 1.54) is 55.9 Å². The second kappa shape index (κ2) is 8.07. The molecule has 0 radical (unpaired) electrons. The number of carboxylic acid groups (broad SMARTS) is 2. The van der Waals surface area contributed by atoms with E-state index in [9.17, 15) is 14.7 Å². The summed E-state index contributed by atoms with van der Waals surface area (Å²) in [7, 11) is 0. The van der Waals surface area contributed by atoms with E-state index < -0.39 is 11.9 Å². The van der Waals surface area contributed by atoms with Gasteiger partial charge in [0.25, 0.3) is 0 Å². The minimum Gasteiger partial charge on any atom is -0.478 e. The molecule has 4 heteroatoms. The number of carbonyl (C=O) groups is 2. The zero-order chi connectivity index (χ0) is 24.1. The second-order valence-corrected chi connectivity index (χ2v) is 10.8. The first-order chi connectivity index (χ1) is 16.2. The van der Waals surface area contributed by atoms with Gasteiger partial charge in [0.2, 0.25) is 0 Å². The average molecular weight is 453 g/mol. The predicted molar refractivity (Wildman–Crippen MR) is 130 cm³/mol. The standard InChI is InChI=1S/C30H28O4/c1-29(2)24-14-21-13-22(15-24)18-30(29,17-21)23-10-7-19(8-11-23)5-3-4-6-20-9-12-25(27(31)32)26(16-20)28(33)34/h7-12,16,21-22,24H,13-15,17-18H2,1-2H3,(H,31,32)(H,33,34). The minimum absolute atomic E-state index is 0.258. The van der Waals surface area contributed by atoms with Crippen molar-refractivity contribution in [3.63, 3.8) is 0 Å². The van der Waals surface area contributed by atoms with E-state index in [1.54, 1.807) is 0 Å². The van der Waals surface area contributed by atoms with Crippen LogP contribution in [0.5, 0.6) is 0 Å². The van der Waals surface area contributed by atoms with Crippen LogP contribution in [0.1, 0.15) is 83.4 Å². The van der Waals surface area contributed by atoms with Crippen LogP contribution in [0.2, 0.25) is 0 Å². The van der Waals surface area contributed by atoms with Crippen LogP contribution < -0.4 is 0 Å². The smallest absolute Gasteiger partial charge is 0.336 e. The summed E-state index contributed by atoms with van der Waals surface area (Å²) in [6.45, 7) is 4.97. The maximum absolute atomic E-state index is 11.3. The molecule has 2 N–H and O–H groups in total. The molecular weight excluding hydrogens is 424 g/mol. The third-order valence-electron chi connectivity index (χ3n) is 8.82. The largest absolute Gasteiger partial charge is 0.478 e. The molecule has 0 aromatic heterocycles. The highest BCUT2D eigenvalue weighted by Gasteiger charge is 2.61. The first kappa shape index (κ1) is 22.3. The Morgan fingerprint density at radius 1 is 0.794 bits per heavy atom. The second-order valence-electron chi connectivity index (χ2n) is 10.8. The number of benzene rings is 2. The summed E-state index contributed by atoms with van der Waals surface area (Å²) in [6, 6.07) is 12.7. The summed E-state index contributed by atoms with van der Waals surface area (Å²) in [4.78, 5) is 22.5. The van der Waals surface area contributed by atoms with Crippen LogP contribution in [-0.4, -0.2) is 22.2 Å². The van der Waals surface area contributed by atoms with Gasteiger partial charge in [0.1, 0.15) is 0 Å². The van der Waals surface area contributed by atoms with Gasteiger partial charge < -0.3 is 10.2 Å². The lowest BCUT2D eigenvalue weighted by molar-refractivity contribution is -0.113. The Hall–Kier alpha value is -3.50. The lowest BCUT2D eigenvalue weighted by Crippen LogP contribution is -2.59. The predicted octanol–water partition coefficient (Wildman–Crippen LogP) is 5.59. The van der Waals surface area contributed by atoms with E-state index in [0.29, 0.717) is 11.0 Å². The maximum atomic E-state index is 11.3. The molecule has 4 nitrogen and oxygen atoms in total. The fourth-order valence-electron chi connectivity index (χ4n) is 7.15. The van der Waals surface area contributed by atoms with E-state index in [4.69, 9.17) is 5.11 Å². The van der Waals surface area contributed by atoms with Crippen LogP contribution in [-0.2, 0) is 5.41 Å². The normalized spacial score (nSPS) is 27.8. The van der Waals surface area contributed by atoms with Crippen LogP contribution in [0.25, 0.3) is 0 Å². The minimum atomic E-state index is -1.30. The molecule has 2 aromatic carbocycles. The third kappa shape index (κ3) is 3.59. The number of aromatic carboxylic acids is 2. The first-order valence-corrected chi connectivity index (χ1v) is 11.9. The summed E-state index contributed by atoms with van der Waals surface area (Å²) < 4.78 is 0. The van der Waals surface area contributed by atoms with Crippen molar-refractivity contribution in [3.8, 4) is 23.7 Å². The van der Waals surface area contributed by atoms with E-state index in [-0.39, 0.29) is 16.5 Å². The molecule has 4 aliphatic carbocycles. The zero-order valence-corrected chi connectivity index (χ0v) is 19.5. The third-order valence-corrected chi connectivity index (χ3v) is 8.82. The molecule has 4 aliphatic rings. The van der Waals surface area contributed by atoms with Gasteiger partial charge in [0.15, 0.2) is 0 Å². The molecule has 2 aromatic rings. The number of carboxylic acids is 2. The molecule has 0 saturated heterocycles. The monoisotopic (exact) mass is 452 g/mol. The van der Waals surface area contributed by atoms with Crippen molar-refractivity contribution >= 4 is 11.9 Å². The fraction of sp³-hybridized carbons (Fsp3) is 0.400. The van der Waals surface area contributed by atoms with Crippen molar-refractivity contribution in [1.82, 2.24) is 0 Å². The van der Waals surface area contributed by atoms with E-state index in [0.717, 1.165) is 23.3 Å². The van der Waals surface area contributed by atoms with Crippen LogP contribution >= 0.6 is 0 Å². The van der Waals surface area contributed by atoms with Gasteiger partial charge in [-0.2, -0.15) is 0 Å². The van der Waals surface area contributed by atoms with Crippen molar-refractivity contribution < 1.29 is 19.8 Å². The van der Waals surface area contributed by atoms with Gasteiger partial charge in [-0.05, 0) is 103 Å². The summed E-state index contributed by atoms with van der Waals surface area (Å²) in [6.07, 6.45) is 6.84. The highest BCUT2D eigenvalue weighted by molar-refractivity contribution is 6.01. The Morgan fingerprint density at radius 2 is 1.35 bits per heavy atom. The van der Waals surface area contributed by atoms with Gasteiger partial charge in [-0.15, -0.1) is 0 Å². The molecule has 2 unspecified atom stereocenters. The van der Waals surface area contributed by atoms with Crippen LogP contribution in [0.4, 0.5) is 0 Å². The summed E-state index contributed by atoms with van der Waals surface area (Å²) >= 11 is 0. The molecule has 4 bridgehead atoms. The maximum Gasteiger partial charge on any atom is 0.336 e. The lowest BCUT2D eigenvalue weighted by atomic mass is 9.38. The number of hydrogen-bond donors (Lipinski definition) is 2. The molecule has 2 atom stereocenters. The Labute approximate surface area is 200 Å². The summed E-state index contributed by atoms with van der Waals surface area (Å²) in [5.41, 5.74) is 2.82. The van der Waals surface area contributed by atoms with Gasteiger partial charge >= 0.3 is 11.9 Å². The van der Waals surface area contributed by atoms with Gasteiger partial charge in [0.05, 0.1) is 11.1 Å². The van der Waals surface area contributed by atoms with E-state index in [1.807, 2.05) is 0 Å². The number of rotatable bonds is 3. The van der Waals surface area contributed by atoms with Gasteiger partial charge in [0, 0.05) is 16.5 Å². The van der Waals surface area contributed by atoms with Crippen molar-refractivity contribution in [2.45, 2.75) is 51.4 Å². The molecule has 0 heterocycles. The van der Waals surface area contributed by atoms with Gasteiger partial charge in [-0.25, -0.2) is 9.59 Å². The summed E-state index contributed by atoms with van der Waals surface area (Å²) in [5, 5.41) is 18.4. The lowest BCUT2D eigenvalue weighted by Gasteiger charge is -2.66. The van der Waals surface area contributed by atoms with Crippen LogP contribution in [0.15, 0.2) is 42.5 Å². The molecule has 0 amide bonds. The van der Waals surface area contributed by atoms with Crippen molar-refractivity contribution in [3.05, 3.63) is 70.3 Å². The van der Waals surface area contributed by atoms with Crippen LogP contribution in [0.3, 0.4) is 0 Å². The van der Waals surface area contributed by atoms with E-state index >= 15 is 0 Å².